The van der Waals surface area contributed by atoms with Crippen molar-refractivity contribution in [2.75, 3.05) is 6.61 Å². The highest BCUT2D eigenvalue weighted by Crippen LogP contribution is 2.21. The number of carbonyl (C=O) groups excluding carboxylic acids is 1. The number of hydrogen-bond acceptors (Lipinski definition) is 3. The van der Waals surface area contributed by atoms with E-state index < -0.39 is 0 Å². The quantitative estimate of drug-likeness (QED) is 0.807. The fourth-order valence-corrected chi connectivity index (χ4v) is 2.25. The Balaban J connectivity index is 1.84. The third-order valence-electron chi connectivity index (χ3n) is 3.40. The van der Waals surface area contributed by atoms with Gasteiger partial charge in [0.2, 0.25) is 5.90 Å². The highest BCUT2D eigenvalue weighted by atomic mass is 16.5. The highest BCUT2D eigenvalue weighted by molar-refractivity contribution is 6.09. The number of rotatable bonds is 3. The zero-order valence-electron chi connectivity index (χ0n) is 12.2. The van der Waals surface area contributed by atoms with Crippen LogP contribution in [-0.2, 0) is 4.74 Å². The molecule has 0 atom stereocenters. The first-order valence-electron chi connectivity index (χ1n) is 6.98. The lowest BCUT2D eigenvalue weighted by Crippen LogP contribution is -2.17. The molecule has 2 aromatic rings. The van der Waals surface area contributed by atoms with Crippen LogP contribution in [0.5, 0.6) is 0 Å². The van der Waals surface area contributed by atoms with Gasteiger partial charge < -0.3 is 4.74 Å². The van der Waals surface area contributed by atoms with Crippen molar-refractivity contribution >= 4 is 11.7 Å². The van der Waals surface area contributed by atoms with Crippen molar-refractivity contribution in [1.29, 1.82) is 0 Å². The first-order valence-corrected chi connectivity index (χ1v) is 6.98. The van der Waals surface area contributed by atoms with Crippen molar-refractivity contribution < 1.29 is 9.53 Å². The molecule has 0 unspecified atom stereocenters. The van der Waals surface area contributed by atoms with Crippen LogP contribution in [0.1, 0.15) is 35.3 Å². The molecule has 1 heterocycles. The van der Waals surface area contributed by atoms with E-state index in [2.05, 4.69) is 4.99 Å². The van der Waals surface area contributed by atoms with Gasteiger partial charge in [0.15, 0.2) is 5.78 Å². The van der Waals surface area contributed by atoms with Gasteiger partial charge in [0.05, 0.1) is 5.54 Å². The number of hydrogen-bond donors (Lipinski definition) is 0. The summed E-state index contributed by atoms with van der Waals surface area (Å²) in [6.45, 7) is 4.66. The molecule has 0 fully saturated rings. The Kier molecular flexibility index (Phi) is 3.34. The molecular formula is C18H17NO2. The molecule has 0 saturated carbocycles. The van der Waals surface area contributed by atoms with Crippen LogP contribution in [0.25, 0.3) is 0 Å². The van der Waals surface area contributed by atoms with Gasteiger partial charge in [-0.15, -0.1) is 0 Å². The summed E-state index contributed by atoms with van der Waals surface area (Å²) in [5.41, 5.74) is 2.10. The summed E-state index contributed by atoms with van der Waals surface area (Å²) < 4.78 is 5.60. The Morgan fingerprint density at radius 3 is 2.19 bits per heavy atom. The van der Waals surface area contributed by atoms with E-state index in [0.29, 0.717) is 23.6 Å². The van der Waals surface area contributed by atoms with Gasteiger partial charge in [-0.3, -0.25) is 4.79 Å². The molecule has 3 heteroatoms. The monoisotopic (exact) mass is 279 g/mol. The minimum absolute atomic E-state index is 0.0248. The van der Waals surface area contributed by atoms with Gasteiger partial charge in [-0.2, -0.15) is 0 Å². The number of ether oxygens (including phenoxy) is 1. The summed E-state index contributed by atoms with van der Waals surface area (Å²) in [6.07, 6.45) is 0. The second-order valence-electron chi connectivity index (χ2n) is 5.79. The minimum atomic E-state index is -0.173. The van der Waals surface area contributed by atoms with Crippen LogP contribution in [0.4, 0.5) is 0 Å². The number of nitrogens with zero attached hydrogens (tertiary/aromatic N) is 1. The zero-order valence-corrected chi connectivity index (χ0v) is 12.2. The Hall–Kier alpha value is -2.42. The number of ketones is 1. The van der Waals surface area contributed by atoms with E-state index in [9.17, 15) is 4.79 Å². The minimum Gasteiger partial charge on any atom is -0.475 e. The van der Waals surface area contributed by atoms with E-state index in [4.69, 9.17) is 4.74 Å². The van der Waals surface area contributed by atoms with E-state index in [1.54, 1.807) is 0 Å². The topological polar surface area (TPSA) is 38.7 Å². The Labute approximate surface area is 124 Å². The second kappa shape index (κ2) is 5.17. The van der Waals surface area contributed by atoms with Crippen LogP contribution in [0.2, 0.25) is 0 Å². The first-order chi connectivity index (χ1) is 10.1. The summed E-state index contributed by atoms with van der Waals surface area (Å²) in [4.78, 5) is 16.9. The largest absolute Gasteiger partial charge is 0.475 e. The first kappa shape index (κ1) is 13.6. The molecule has 106 valence electrons. The number of carbonyl (C=O) groups is 1. The predicted molar refractivity (Wildman–Crippen MR) is 82.9 cm³/mol. The van der Waals surface area contributed by atoms with Gasteiger partial charge >= 0.3 is 0 Å². The molecule has 3 nitrogen and oxygen atoms in total. The standard InChI is InChI=1S/C18H17NO2/c1-18(2)12-21-17(19-18)15-10-8-14(9-11-15)16(20)13-6-4-3-5-7-13/h3-11H,12H2,1-2H3. The molecule has 3 rings (SSSR count). The molecule has 0 N–H and O–H groups in total. The molecule has 0 aromatic heterocycles. The maximum atomic E-state index is 12.3. The molecule has 0 amide bonds. The second-order valence-corrected chi connectivity index (χ2v) is 5.79. The summed E-state index contributed by atoms with van der Waals surface area (Å²) in [5.74, 6) is 0.676. The lowest BCUT2D eigenvalue weighted by molar-refractivity contribution is 0.103. The number of aliphatic imine (C=N–C) groups is 1. The maximum Gasteiger partial charge on any atom is 0.216 e. The Morgan fingerprint density at radius 2 is 1.62 bits per heavy atom. The molecule has 0 radical (unpaired) electrons. The van der Waals surface area contributed by atoms with Gasteiger partial charge in [0.25, 0.3) is 0 Å². The molecule has 0 spiro atoms. The van der Waals surface area contributed by atoms with Crippen molar-refractivity contribution in [2.24, 2.45) is 4.99 Å². The Morgan fingerprint density at radius 1 is 1.00 bits per heavy atom. The fourth-order valence-electron chi connectivity index (χ4n) is 2.25. The zero-order chi connectivity index (χ0) is 14.9. The van der Waals surface area contributed by atoms with E-state index in [1.165, 1.54) is 0 Å². The molecule has 0 saturated heterocycles. The summed E-state index contributed by atoms with van der Waals surface area (Å²) in [5, 5.41) is 0. The van der Waals surface area contributed by atoms with Crippen LogP contribution in [0.15, 0.2) is 59.6 Å². The summed E-state index contributed by atoms with van der Waals surface area (Å²) >= 11 is 0. The van der Waals surface area contributed by atoms with Crippen molar-refractivity contribution in [1.82, 2.24) is 0 Å². The molecular weight excluding hydrogens is 262 g/mol. The van der Waals surface area contributed by atoms with E-state index in [1.807, 2.05) is 68.4 Å². The van der Waals surface area contributed by atoms with E-state index in [-0.39, 0.29) is 11.3 Å². The van der Waals surface area contributed by atoms with Crippen molar-refractivity contribution in [3.63, 3.8) is 0 Å². The van der Waals surface area contributed by atoms with Crippen molar-refractivity contribution in [2.45, 2.75) is 19.4 Å². The Bertz CT molecular complexity index is 685. The van der Waals surface area contributed by atoms with Crippen molar-refractivity contribution in [3.8, 4) is 0 Å². The van der Waals surface area contributed by atoms with Crippen LogP contribution in [-0.4, -0.2) is 23.8 Å². The third-order valence-corrected chi connectivity index (χ3v) is 3.40. The predicted octanol–water partition coefficient (Wildman–Crippen LogP) is 3.47. The van der Waals surface area contributed by atoms with Crippen LogP contribution < -0.4 is 0 Å². The van der Waals surface area contributed by atoms with Crippen LogP contribution >= 0.6 is 0 Å². The fraction of sp³-hybridized carbons (Fsp3) is 0.222. The van der Waals surface area contributed by atoms with Gasteiger partial charge in [0.1, 0.15) is 6.61 Å². The highest BCUT2D eigenvalue weighted by Gasteiger charge is 2.26. The molecule has 2 aromatic carbocycles. The van der Waals surface area contributed by atoms with Gasteiger partial charge in [0, 0.05) is 16.7 Å². The molecule has 1 aliphatic heterocycles. The molecule has 1 aliphatic rings. The maximum absolute atomic E-state index is 12.3. The lowest BCUT2D eigenvalue weighted by Gasteiger charge is -2.07. The van der Waals surface area contributed by atoms with Gasteiger partial charge in [-0.1, -0.05) is 42.5 Å². The number of benzene rings is 2. The summed E-state index contributed by atoms with van der Waals surface area (Å²) in [6, 6.07) is 16.7. The van der Waals surface area contributed by atoms with Crippen LogP contribution in [0.3, 0.4) is 0 Å². The van der Waals surface area contributed by atoms with E-state index in [0.717, 1.165) is 5.56 Å². The SMILES string of the molecule is CC1(C)COC(c2ccc(C(=O)c3ccccc3)cc2)=N1. The van der Waals surface area contributed by atoms with Gasteiger partial charge in [-0.05, 0) is 26.0 Å². The summed E-state index contributed by atoms with van der Waals surface area (Å²) in [7, 11) is 0. The van der Waals surface area contributed by atoms with Crippen molar-refractivity contribution in [3.05, 3.63) is 71.3 Å². The smallest absolute Gasteiger partial charge is 0.216 e. The van der Waals surface area contributed by atoms with E-state index >= 15 is 0 Å². The average molecular weight is 279 g/mol. The third kappa shape index (κ3) is 2.87. The van der Waals surface area contributed by atoms with Gasteiger partial charge in [-0.25, -0.2) is 4.99 Å². The molecule has 0 bridgehead atoms. The normalized spacial score (nSPS) is 16.2. The average Bonchev–Trinajstić information content (AvgIpc) is 2.88. The molecule has 0 aliphatic carbocycles. The lowest BCUT2D eigenvalue weighted by atomic mass is 10.0. The van der Waals surface area contributed by atoms with Crippen LogP contribution in [0, 0.1) is 0 Å². The molecule has 21 heavy (non-hydrogen) atoms.